The summed E-state index contributed by atoms with van der Waals surface area (Å²) in [6.07, 6.45) is 0.290. The predicted molar refractivity (Wildman–Crippen MR) is 125 cm³/mol. The maximum Gasteiger partial charge on any atom is 0.269 e. The van der Waals surface area contributed by atoms with Crippen molar-refractivity contribution in [3.63, 3.8) is 0 Å². The molecule has 10 nitrogen and oxygen atoms in total. The van der Waals surface area contributed by atoms with Crippen molar-refractivity contribution in [1.29, 1.82) is 10.5 Å². The molecule has 1 atom stereocenters. The summed E-state index contributed by atoms with van der Waals surface area (Å²) >= 11 is 0. The standard InChI is InChI=1S/C17H14N2O4.C8H6N2O2/c18-10-16(14-6-8-15(9-7-14)19(21)22)17(20)12-23-11-13-4-2-1-3-5-13;9-6-5-7-1-3-8(4-2-7)10(11)12/h1-9,16H,11-12H2;1-4H,5H2. The molecule has 35 heavy (non-hydrogen) atoms. The van der Waals surface area contributed by atoms with Crippen LogP contribution in [0.2, 0.25) is 0 Å². The average Bonchev–Trinajstić information content (AvgIpc) is 2.86. The van der Waals surface area contributed by atoms with Gasteiger partial charge in [0, 0.05) is 24.3 Å². The zero-order valence-electron chi connectivity index (χ0n) is 18.4. The number of nitro benzene ring substituents is 2. The lowest BCUT2D eigenvalue weighted by Crippen LogP contribution is -2.17. The van der Waals surface area contributed by atoms with Crippen LogP contribution in [0.4, 0.5) is 11.4 Å². The lowest BCUT2D eigenvalue weighted by Gasteiger charge is -2.09. The molecule has 0 aliphatic heterocycles. The van der Waals surface area contributed by atoms with Gasteiger partial charge in [0.1, 0.15) is 12.5 Å². The quantitative estimate of drug-likeness (QED) is 0.321. The van der Waals surface area contributed by atoms with E-state index in [2.05, 4.69) is 0 Å². The Morgan fingerprint density at radius 2 is 1.37 bits per heavy atom. The number of hydrogen-bond acceptors (Lipinski definition) is 8. The molecule has 0 N–H and O–H groups in total. The summed E-state index contributed by atoms with van der Waals surface area (Å²) in [5, 5.41) is 38.3. The van der Waals surface area contributed by atoms with E-state index < -0.39 is 15.8 Å². The second-order valence-corrected chi connectivity index (χ2v) is 7.11. The first-order valence-electron chi connectivity index (χ1n) is 10.2. The number of ether oxygens (including phenoxy) is 1. The topological polar surface area (TPSA) is 160 Å². The highest BCUT2D eigenvalue weighted by Gasteiger charge is 2.21. The van der Waals surface area contributed by atoms with E-state index in [1.807, 2.05) is 42.5 Å². The molecular weight excluding hydrogens is 452 g/mol. The van der Waals surface area contributed by atoms with E-state index in [9.17, 15) is 30.3 Å². The van der Waals surface area contributed by atoms with Crippen molar-refractivity contribution in [2.45, 2.75) is 18.9 Å². The van der Waals surface area contributed by atoms with Crippen molar-refractivity contribution in [2.24, 2.45) is 0 Å². The second-order valence-electron chi connectivity index (χ2n) is 7.11. The SMILES string of the molecule is N#CC(C(=O)COCc1ccccc1)c1ccc([N+](=O)[O-])cc1.N#CCc1ccc([N+](=O)[O-])cc1. The fourth-order valence-electron chi connectivity index (χ4n) is 2.87. The smallest absolute Gasteiger partial charge is 0.269 e. The fraction of sp³-hybridized carbons (Fsp3) is 0.160. The molecule has 0 spiro atoms. The van der Waals surface area contributed by atoms with Gasteiger partial charge in [-0.15, -0.1) is 0 Å². The Hall–Kier alpha value is -4.93. The largest absolute Gasteiger partial charge is 0.369 e. The number of Topliss-reactive ketones (excluding diaryl/α,β-unsaturated/α-hetero) is 1. The highest BCUT2D eigenvalue weighted by molar-refractivity contribution is 5.89. The number of nitrogens with zero attached hydrogens (tertiary/aromatic N) is 4. The van der Waals surface area contributed by atoms with Gasteiger partial charge in [0.25, 0.3) is 11.4 Å². The number of hydrogen-bond donors (Lipinski definition) is 0. The Kier molecular flexibility index (Phi) is 10.2. The number of benzene rings is 3. The van der Waals surface area contributed by atoms with Crippen LogP contribution in [0.15, 0.2) is 78.9 Å². The Morgan fingerprint density at radius 1 is 0.829 bits per heavy atom. The maximum atomic E-state index is 12.1. The molecule has 3 aromatic rings. The van der Waals surface area contributed by atoms with Crippen LogP contribution < -0.4 is 0 Å². The third-order valence-electron chi connectivity index (χ3n) is 4.67. The van der Waals surface area contributed by atoms with Gasteiger partial charge >= 0.3 is 0 Å². The molecule has 176 valence electrons. The molecule has 0 heterocycles. The van der Waals surface area contributed by atoms with Crippen molar-refractivity contribution < 1.29 is 19.4 Å². The molecule has 3 rings (SSSR count). The fourth-order valence-corrected chi connectivity index (χ4v) is 2.87. The minimum Gasteiger partial charge on any atom is -0.369 e. The van der Waals surface area contributed by atoms with Gasteiger partial charge in [0.15, 0.2) is 5.78 Å². The summed E-state index contributed by atoms with van der Waals surface area (Å²) in [6, 6.07) is 24.6. The van der Waals surface area contributed by atoms with E-state index in [1.54, 1.807) is 12.1 Å². The van der Waals surface area contributed by atoms with Crippen LogP contribution in [0.25, 0.3) is 0 Å². The molecule has 0 fully saturated rings. The Bertz CT molecular complexity index is 1230. The highest BCUT2D eigenvalue weighted by Crippen LogP contribution is 2.20. The zero-order valence-corrected chi connectivity index (χ0v) is 18.4. The molecule has 10 heteroatoms. The van der Waals surface area contributed by atoms with Crippen LogP contribution >= 0.6 is 0 Å². The lowest BCUT2D eigenvalue weighted by molar-refractivity contribution is -0.385. The molecule has 0 aromatic heterocycles. The van der Waals surface area contributed by atoms with Crippen LogP contribution in [0.5, 0.6) is 0 Å². The van der Waals surface area contributed by atoms with Gasteiger partial charge in [-0.05, 0) is 16.7 Å². The van der Waals surface area contributed by atoms with Crippen LogP contribution in [0.3, 0.4) is 0 Å². The first-order valence-corrected chi connectivity index (χ1v) is 10.2. The summed E-state index contributed by atoms with van der Waals surface area (Å²) in [5.41, 5.74) is 2.12. The van der Waals surface area contributed by atoms with Crippen LogP contribution in [0.1, 0.15) is 22.6 Å². The Morgan fingerprint density at radius 3 is 1.86 bits per heavy atom. The predicted octanol–water partition coefficient (Wildman–Crippen LogP) is 4.65. The van der Waals surface area contributed by atoms with E-state index in [4.69, 9.17) is 10.00 Å². The van der Waals surface area contributed by atoms with Gasteiger partial charge in [0.05, 0.1) is 35.0 Å². The molecular formula is C25H20N4O6. The van der Waals surface area contributed by atoms with Gasteiger partial charge < -0.3 is 4.74 Å². The minimum atomic E-state index is -0.994. The number of nitro groups is 2. The first kappa shape index (κ1) is 26.3. The molecule has 0 aliphatic rings. The number of rotatable bonds is 9. The van der Waals surface area contributed by atoms with E-state index in [-0.39, 0.29) is 36.8 Å². The number of non-ortho nitro benzene ring substituents is 2. The highest BCUT2D eigenvalue weighted by atomic mass is 16.6. The summed E-state index contributed by atoms with van der Waals surface area (Å²) in [4.78, 5) is 31.9. The lowest BCUT2D eigenvalue weighted by atomic mass is 9.96. The van der Waals surface area contributed by atoms with E-state index in [0.29, 0.717) is 5.56 Å². The van der Waals surface area contributed by atoms with Crippen molar-refractivity contribution in [3.05, 3.63) is 116 Å². The first-order chi connectivity index (χ1) is 16.8. The van der Waals surface area contributed by atoms with E-state index in [0.717, 1.165) is 11.1 Å². The summed E-state index contributed by atoms with van der Waals surface area (Å²) in [6.45, 7) is 0.0924. The third-order valence-corrected chi connectivity index (χ3v) is 4.67. The molecule has 0 saturated heterocycles. The average molecular weight is 472 g/mol. The number of carbonyl (C=O) groups is 1. The zero-order chi connectivity index (χ0) is 25.6. The second kappa shape index (κ2) is 13.6. The molecule has 1 unspecified atom stereocenters. The van der Waals surface area contributed by atoms with Gasteiger partial charge in [0.2, 0.25) is 0 Å². The summed E-state index contributed by atoms with van der Waals surface area (Å²) < 4.78 is 5.34. The van der Waals surface area contributed by atoms with Crippen molar-refractivity contribution >= 4 is 17.2 Å². The van der Waals surface area contributed by atoms with E-state index in [1.165, 1.54) is 36.4 Å². The van der Waals surface area contributed by atoms with Crippen LogP contribution in [-0.4, -0.2) is 22.2 Å². The Balaban J connectivity index is 0.000000303. The van der Waals surface area contributed by atoms with Gasteiger partial charge in [-0.2, -0.15) is 10.5 Å². The molecule has 3 aromatic carbocycles. The van der Waals surface area contributed by atoms with Gasteiger partial charge in [-0.25, -0.2) is 0 Å². The minimum absolute atomic E-state index is 0.0525. The van der Waals surface area contributed by atoms with Crippen molar-refractivity contribution in [1.82, 2.24) is 0 Å². The molecule has 0 aliphatic carbocycles. The third kappa shape index (κ3) is 8.50. The van der Waals surface area contributed by atoms with Gasteiger partial charge in [-0.1, -0.05) is 54.6 Å². The van der Waals surface area contributed by atoms with Crippen molar-refractivity contribution in [3.8, 4) is 12.1 Å². The number of carbonyl (C=O) groups excluding carboxylic acids is 1. The van der Waals surface area contributed by atoms with Crippen molar-refractivity contribution in [2.75, 3.05) is 6.61 Å². The molecule has 0 amide bonds. The van der Waals surface area contributed by atoms with Gasteiger partial charge in [-0.3, -0.25) is 25.0 Å². The van der Waals surface area contributed by atoms with E-state index >= 15 is 0 Å². The number of nitriles is 2. The monoisotopic (exact) mass is 472 g/mol. The molecule has 0 saturated carbocycles. The van der Waals surface area contributed by atoms with Crippen LogP contribution in [-0.2, 0) is 22.6 Å². The van der Waals surface area contributed by atoms with Crippen LogP contribution in [0, 0.1) is 42.9 Å². The summed E-state index contributed by atoms with van der Waals surface area (Å²) in [7, 11) is 0. The molecule has 0 bridgehead atoms. The Labute approximate surface area is 200 Å². The number of ketones is 1. The normalized spacial score (nSPS) is 10.6. The summed E-state index contributed by atoms with van der Waals surface area (Å²) in [5.74, 6) is -1.37. The maximum absolute atomic E-state index is 12.1. The molecule has 0 radical (unpaired) electrons.